The molecule has 6 heteroatoms. The van der Waals surface area contributed by atoms with Gasteiger partial charge in [-0.2, -0.15) is 5.26 Å². The molecule has 0 saturated heterocycles. The second-order valence-electron chi connectivity index (χ2n) is 7.74. The molecule has 0 bridgehead atoms. The van der Waals surface area contributed by atoms with Crippen molar-refractivity contribution in [2.75, 3.05) is 11.5 Å². The molecule has 0 amide bonds. The Morgan fingerprint density at radius 1 is 1.19 bits per heavy atom. The van der Waals surface area contributed by atoms with Gasteiger partial charge in [0.05, 0.1) is 29.9 Å². The monoisotopic (exact) mass is 410 g/mol. The van der Waals surface area contributed by atoms with E-state index in [0.717, 1.165) is 35.4 Å². The predicted octanol–water partition coefficient (Wildman–Crippen LogP) is 4.15. The molecular weight excluding hydrogens is 388 g/mol. The minimum absolute atomic E-state index is 0.0735. The molecule has 0 spiro atoms. The van der Waals surface area contributed by atoms with E-state index in [1.165, 1.54) is 0 Å². The predicted molar refractivity (Wildman–Crippen MR) is 119 cm³/mol. The fraction of sp³-hybridized carbons (Fsp3) is 0.240. The number of nitrogens with two attached hydrogens (primary N) is 1. The lowest BCUT2D eigenvalue weighted by molar-refractivity contribution is -0.116. The molecule has 6 nitrogen and oxygen atoms in total. The van der Waals surface area contributed by atoms with Crippen molar-refractivity contribution in [3.05, 3.63) is 82.3 Å². The van der Waals surface area contributed by atoms with Crippen LogP contribution in [0.5, 0.6) is 5.75 Å². The van der Waals surface area contributed by atoms with E-state index in [-0.39, 0.29) is 5.78 Å². The first-order chi connectivity index (χ1) is 15.2. The lowest BCUT2D eigenvalue weighted by Crippen LogP contribution is -2.39. The first-order valence-electron chi connectivity index (χ1n) is 10.5. The van der Waals surface area contributed by atoms with Gasteiger partial charge in [-0.3, -0.25) is 9.69 Å². The second kappa shape index (κ2) is 7.44. The third-order valence-electron chi connectivity index (χ3n) is 6.03. The zero-order chi connectivity index (χ0) is 21.5. The minimum Gasteiger partial charge on any atom is -0.494 e. The number of ether oxygens (including phenoxy) is 1. The van der Waals surface area contributed by atoms with E-state index < -0.39 is 5.92 Å². The Hall–Kier alpha value is -3.85. The lowest BCUT2D eigenvalue weighted by atomic mass is 9.75. The van der Waals surface area contributed by atoms with Gasteiger partial charge >= 0.3 is 0 Å². The van der Waals surface area contributed by atoms with Gasteiger partial charge in [-0.15, -0.1) is 0 Å². The second-order valence-corrected chi connectivity index (χ2v) is 7.74. The molecule has 2 aliphatic heterocycles. The van der Waals surface area contributed by atoms with Crippen molar-refractivity contribution in [2.45, 2.75) is 32.1 Å². The fourth-order valence-corrected chi connectivity index (χ4v) is 4.79. The Morgan fingerprint density at radius 2 is 1.97 bits per heavy atom. The van der Waals surface area contributed by atoms with Crippen LogP contribution in [0.1, 0.15) is 43.2 Å². The summed E-state index contributed by atoms with van der Waals surface area (Å²) >= 11 is 0. The van der Waals surface area contributed by atoms with Crippen molar-refractivity contribution in [3.8, 4) is 11.8 Å². The molecule has 0 radical (unpaired) electrons. The van der Waals surface area contributed by atoms with Gasteiger partial charge in [0.25, 0.3) is 0 Å². The zero-order valence-corrected chi connectivity index (χ0v) is 17.3. The number of para-hydroxylation sites is 2. The number of allylic oxidation sites excluding steroid dienone is 3. The number of nitriles is 1. The fourth-order valence-electron chi connectivity index (χ4n) is 4.79. The molecule has 2 aromatic rings. The summed E-state index contributed by atoms with van der Waals surface area (Å²) in [6, 6.07) is 17.7. The number of aliphatic imine (C=N–C) groups is 1. The van der Waals surface area contributed by atoms with Gasteiger partial charge in [-0.05, 0) is 38.0 Å². The van der Waals surface area contributed by atoms with E-state index in [9.17, 15) is 10.1 Å². The Bertz CT molecular complexity index is 1230. The smallest absolute Gasteiger partial charge is 0.161 e. The summed E-state index contributed by atoms with van der Waals surface area (Å²) < 4.78 is 5.87. The van der Waals surface area contributed by atoms with Gasteiger partial charge in [0.2, 0.25) is 0 Å². The first kappa shape index (κ1) is 19.1. The highest BCUT2D eigenvalue weighted by molar-refractivity contribution is 6.08. The molecule has 2 aromatic carbocycles. The third kappa shape index (κ3) is 2.85. The van der Waals surface area contributed by atoms with Crippen LogP contribution in [0.25, 0.3) is 0 Å². The Labute approximate surface area is 180 Å². The van der Waals surface area contributed by atoms with E-state index in [4.69, 9.17) is 10.5 Å². The van der Waals surface area contributed by atoms with E-state index in [0.29, 0.717) is 41.6 Å². The maximum absolute atomic E-state index is 13.3. The lowest BCUT2D eigenvalue weighted by Gasteiger charge is -2.42. The van der Waals surface area contributed by atoms with E-state index in [2.05, 4.69) is 11.1 Å². The molecule has 154 valence electrons. The third-order valence-corrected chi connectivity index (χ3v) is 6.03. The molecule has 0 aromatic heterocycles. The Balaban J connectivity index is 1.83. The average molecular weight is 410 g/mol. The van der Waals surface area contributed by atoms with E-state index in [1.807, 2.05) is 60.4 Å². The highest BCUT2D eigenvalue weighted by atomic mass is 16.5. The standard InChI is InChI=1S/C25H22N4O2/c1-2-31-21-13-6-4-9-16(21)22-17(14-26)25-28-24(27)15-8-3-5-10-18(15)29(25)19-11-7-12-20(30)23(19)22/h3-6,8-10,13,22H,2,7,11-12H2,1H3,(H2,27,28). The summed E-state index contributed by atoms with van der Waals surface area (Å²) in [5.41, 5.74) is 10.8. The number of hydrogen-bond acceptors (Lipinski definition) is 6. The molecule has 1 aliphatic carbocycles. The SMILES string of the molecule is CCOc1ccccc1C1C(C#N)=C2N=C(N)c3ccccc3N2C2=C1C(=O)CCC2. The molecule has 1 unspecified atom stereocenters. The van der Waals surface area contributed by atoms with Crippen molar-refractivity contribution >= 4 is 17.3 Å². The number of carbonyl (C=O) groups excluding carboxylic acids is 1. The molecule has 31 heavy (non-hydrogen) atoms. The molecule has 1 atom stereocenters. The number of carbonyl (C=O) groups is 1. The van der Waals surface area contributed by atoms with Crippen LogP contribution in [0.3, 0.4) is 0 Å². The van der Waals surface area contributed by atoms with Crippen LogP contribution in [0, 0.1) is 11.3 Å². The van der Waals surface area contributed by atoms with Crippen LogP contribution in [-0.2, 0) is 4.79 Å². The summed E-state index contributed by atoms with van der Waals surface area (Å²) in [4.78, 5) is 19.9. The summed E-state index contributed by atoms with van der Waals surface area (Å²) in [6.45, 7) is 2.41. The molecule has 5 rings (SSSR count). The maximum atomic E-state index is 13.3. The van der Waals surface area contributed by atoms with Crippen molar-refractivity contribution in [2.24, 2.45) is 10.7 Å². The Morgan fingerprint density at radius 3 is 2.77 bits per heavy atom. The molecule has 0 fully saturated rings. The number of rotatable bonds is 3. The van der Waals surface area contributed by atoms with Gasteiger partial charge in [-0.1, -0.05) is 30.3 Å². The number of anilines is 1. The minimum atomic E-state index is -0.524. The number of Topliss-reactive ketones (excluding diaryl/α,β-unsaturated/α-hetero) is 1. The summed E-state index contributed by atoms with van der Waals surface area (Å²) in [7, 11) is 0. The molecular formula is C25H22N4O2. The molecule has 2 heterocycles. The number of ketones is 1. The first-order valence-corrected chi connectivity index (χ1v) is 10.5. The maximum Gasteiger partial charge on any atom is 0.161 e. The van der Waals surface area contributed by atoms with Gasteiger partial charge in [-0.25, -0.2) is 4.99 Å². The zero-order valence-electron chi connectivity index (χ0n) is 17.3. The molecule has 0 saturated carbocycles. The molecule has 3 aliphatic rings. The van der Waals surface area contributed by atoms with Crippen LogP contribution in [0.15, 0.2) is 76.2 Å². The van der Waals surface area contributed by atoms with Crippen LogP contribution in [-0.4, -0.2) is 18.2 Å². The van der Waals surface area contributed by atoms with Crippen molar-refractivity contribution in [1.29, 1.82) is 5.26 Å². The van der Waals surface area contributed by atoms with Gasteiger partial charge in [0.1, 0.15) is 11.6 Å². The van der Waals surface area contributed by atoms with Crippen molar-refractivity contribution in [1.82, 2.24) is 0 Å². The van der Waals surface area contributed by atoms with E-state index >= 15 is 0 Å². The van der Waals surface area contributed by atoms with Crippen LogP contribution < -0.4 is 15.4 Å². The number of fused-ring (bicyclic) bond motifs is 4. The normalized spacial score (nSPS) is 19.9. The number of amidine groups is 1. The number of hydrogen-bond donors (Lipinski definition) is 1. The molecule has 2 N–H and O–H groups in total. The van der Waals surface area contributed by atoms with Crippen LogP contribution in [0.4, 0.5) is 5.69 Å². The van der Waals surface area contributed by atoms with Gasteiger partial charge in [0.15, 0.2) is 11.6 Å². The highest BCUT2D eigenvalue weighted by Crippen LogP contribution is 2.50. The number of benzene rings is 2. The van der Waals surface area contributed by atoms with Crippen molar-refractivity contribution < 1.29 is 9.53 Å². The highest BCUT2D eigenvalue weighted by Gasteiger charge is 2.43. The van der Waals surface area contributed by atoms with Gasteiger partial charge < -0.3 is 10.5 Å². The van der Waals surface area contributed by atoms with Crippen LogP contribution >= 0.6 is 0 Å². The largest absolute Gasteiger partial charge is 0.494 e. The summed E-state index contributed by atoms with van der Waals surface area (Å²) in [6.07, 6.45) is 1.98. The summed E-state index contributed by atoms with van der Waals surface area (Å²) in [5.74, 6) is 1.10. The average Bonchev–Trinajstić information content (AvgIpc) is 2.79. The van der Waals surface area contributed by atoms with E-state index in [1.54, 1.807) is 0 Å². The van der Waals surface area contributed by atoms with Crippen molar-refractivity contribution in [3.63, 3.8) is 0 Å². The Kier molecular flexibility index (Phi) is 4.59. The quantitative estimate of drug-likeness (QED) is 0.821. The van der Waals surface area contributed by atoms with Gasteiger partial charge in [0, 0.05) is 28.8 Å². The van der Waals surface area contributed by atoms with Crippen LogP contribution in [0.2, 0.25) is 0 Å². The number of nitrogens with zero attached hydrogens (tertiary/aromatic N) is 3. The topological polar surface area (TPSA) is 91.7 Å². The summed E-state index contributed by atoms with van der Waals surface area (Å²) in [5, 5.41) is 10.3.